The standard InChI is InChI=1S/C30H40BrNO5/c1-3-18(14-20-15-21(31)11-13-25(20)34)10-12-26(35)27-19(4-2)16-23-28(24(27)17-33)30(37)32(29(23)36)22-8-6-5-7-9-22/h11,13-15,22-24,26,28,33-35H,3-10,12,16-17H2,1-2H3/b18-14+/t23-,24+,26-,28-/m1/s1. The van der Waals surface area contributed by atoms with E-state index < -0.39 is 23.9 Å². The molecule has 2 aliphatic carbocycles. The highest BCUT2D eigenvalue weighted by atomic mass is 79.9. The van der Waals surface area contributed by atoms with Crippen LogP contribution in [0.15, 0.2) is 39.4 Å². The fourth-order valence-electron chi connectivity index (χ4n) is 6.71. The summed E-state index contributed by atoms with van der Waals surface area (Å²) in [7, 11) is 0. The molecule has 2 fully saturated rings. The van der Waals surface area contributed by atoms with Gasteiger partial charge in [-0.2, -0.15) is 0 Å². The predicted octanol–water partition coefficient (Wildman–Crippen LogP) is 5.74. The first kappa shape index (κ1) is 28.1. The second-order valence-electron chi connectivity index (χ2n) is 10.8. The lowest BCUT2D eigenvalue weighted by atomic mass is 9.67. The highest BCUT2D eigenvalue weighted by Crippen LogP contribution is 2.48. The van der Waals surface area contributed by atoms with E-state index in [2.05, 4.69) is 15.9 Å². The fourth-order valence-corrected chi connectivity index (χ4v) is 7.09. The summed E-state index contributed by atoms with van der Waals surface area (Å²) < 4.78 is 0.880. The molecule has 7 heteroatoms. The van der Waals surface area contributed by atoms with Crippen LogP contribution in [-0.2, 0) is 9.59 Å². The normalized spacial score (nSPS) is 26.1. The zero-order valence-corrected chi connectivity index (χ0v) is 23.5. The first-order valence-electron chi connectivity index (χ1n) is 13.9. The fraction of sp³-hybridized carbons (Fsp3) is 0.600. The quantitative estimate of drug-likeness (QED) is 0.258. The molecule has 202 valence electrons. The molecular formula is C30H40BrNO5. The Morgan fingerprint density at radius 2 is 1.89 bits per heavy atom. The van der Waals surface area contributed by atoms with E-state index in [4.69, 9.17) is 0 Å². The van der Waals surface area contributed by atoms with Crippen molar-refractivity contribution in [2.24, 2.45) is 17.8 Å². The van der Waals surface area contributed by atoms with Crippen molar-refractivity contribution in [3.8, 4) is 5.75 Å². The molecule has 1 aromatic carbocycles. The Hall–Kier alpha value is -1.96. The van der Waals surface area contributed by atoms with Gasteiger partial charge in [-0.3, -0.25) is 14.5 Å². The van der Waals surface area contributed by atoms with Crippen LogP contribution in [-0.4, -0.2) is 50.8 Å². The Balaban J connectivity index is 1.55. The van der Waals surface area contributed by atoms with Crippen LogP contribution in [0.4, 0.5) is 0 Å². The first-order valence-corrected chi connectivity index (χ1v) is 14.7. The summed E-state index contributed by atoms with van der Waals surface area (Å²) in [5.41, 5.74) is 3.58. The average molecular weight is 575 g/mol. The molecule has 1 aromatic rings. The van der Waals surface area contributed by atoms with Crippen LogP contribution < -0.4 is 0 Å². The number of amides is 2. The summed E-state index contributed by atoms with van der Waals surface area (Å²) in [5, 5.41) is 32.1. The number of carbonyl (C=O) groups is 2. The third kappa shape index (κ3) is 5.74. The molecule has 4 atom stereocenters. The van der Waals surface area contributed by atoms with Crippen molar-refractivity contribution in [3.63, 3.8) is 0 Å². The molecular weight excluding hydrogens is 534 g/mol. The van der Waals surface area contributed by atoms with Crippen LogP contribution in [0.3, 0.4) is 0 Å². The van der Waals surface area contributed by atoms with Crippen molar-refractivity contribution >= 4 is 33.8 Å². The van der Waals surface area contributed by atoms with Crippen molar-refractivity contribution in [2.45, 2.75) is 90.2 Å². The third-order valence-electron chi connectivity index (χ3n) is 8.68. The van der Waals surface area contributed by atoms with Crippen LogP contribution >= 0.6 is 15.9 Å². The predicted molar refractivity (Wildman–Crippen MR) is 148 cm³/mol. The number of allylic oxidation sites excluding steroid dienone is 2. The number of hydrogen-bond donors (Lipinski definition) is 3. The van der Waals surface area contributed by atoms with E-state index in [1.54, 1.807) is 12.1 Å². The number of imide groups is 1. The number of rotatable bonds is 9. The van der Waals surface area contributed by atoms with E-state index in [0.717, 1.165) is 65.3 Å². The van der Waals surface area contributed by atoms with Gasteiger partial charge in [-0.05, 0) is 68.7 Å². The molecule has 0 radical (unpaired) electrons. The molecule has 0 unspecified atom stereocenters. The molecule has 6 nitrogen and oxygen atoms in total. The summed E-state index contributed by atoms with van der Waals surface area (Å²) in [6, 6.07) is 5.28. The number of aromatic hydroxyl groups is 1. The number of halogens is 1. The molecule has 1 heterocycles. The van der Waals surface area contributed by atoms with Gasteiger partial charge in [0.05, 0.1) is 24.5 Å². The maximum absolute atomic E-state index is 13.6. The minimum atomic E-state index is -0.800. The number of likely N-dealkylation sites (tertiary alicyclic amines) is 1. The van der Waals surface area contributed by atoms with Gasteiger partial charge in [-0.15, -0.1) is 0 Å². The topological polar surface area (TPSA) is 98.1 Å². The van der Waals surface area contributed by atoms with E-state index in [1.165, 1.54) is 4.90 Å². The van der Waals surface area contributed by atoms with Gasteiger partial charge < -0.3 is 15.3 Å². The highest BCUT2D eigenvalue weighted by Gasteiger charge is 2.56. The molecule has 2 amide bonds. The summed E-state index contributed by atoms with van der Waals surface area (Å²) in [4.78, 5) is 28.6. The molecule has 1 saturated carbocycles. The van der Waals surface area contributed by atoms with Gasteiger partial charge in [-0.25, -0.2) is 0 Å². The van der Waals surface area contributed by atoms with Crippen LogP contribution in [0, 0.1) is 17.8 Å². The largest absolute Gasteiger partial charge is 0.507 e. The first-order chi connectivity index (χ1) is 17.8. The van der Waals surface area contributed by atoms with Gasteiger partial charge in [0.1, 0.15) is 5.75 Å². The second-order valence-corrected chi connectivity index (χ2v) is 11.7. The monoisotopic (exact) mass is 573 g/mol. The summed E-state index contributed by atoms with van der Waals surface area (Å²) in [6.07, 6.45) is 9.12. The number of aliphatic hydroxyl groups is 2. The number of nitrogens with zero attached hydrogens (tertiary/aromatic N) is 1. The Kier molecular flexibility index (Phi) is 9.30. The number of benzene rings is 1. The van der Waals surface area contributed by atoms with Crippen LogP contribution in [0.25, 0.3) is 6.08 Å². The number of fused-ring (bicyclic) bond motifs is 1. The van der Waals surface area contributed by atoms with Crippen LogP contribution in [0.2, 0.25) is 0 Å². The summed E-state index contributed by atoms with van der Waals surface area (Å²) >= 11 is 3.45. The number of aliphatic hydroxyl groups excluding tert-OH is 2. The molecule has 4 rings (SSSR count). The number of phenolic OH excluding ortho intramolecular Hbond substituents is 1. The van der Waals surface area contributed by atoms with Crippen molar-refractivity contribution in [2.75, 3.05) is 6.61 Å². The van der Waals surface area contributed by atoms with Crippen molar-refractivity contribution in [1.82, 2.24) is 4.90 Å². The number of hydrogen-bond acceptors (Lipinski definition) is 5. The average Bonchev–Trinajstić information content (AvgIpc) is 3.16. The van der Waals surface area contributed by atoms with Crippen molar-refractivity contribution in [3.05, 3.63) is 45.0 Å². The van der Waals surface area contributed by atoms with Crippen LogP contribution in [0.1, 0.15) is 83.6 Å². The molecule has 0 aromatic heterocycles. The maximum atomic E-state index is 13.6. The molecule has 3 aliphatic rings. The zero-order valence-electron chi connectivity index (χ0n) is 22.0. The van der Waals surface area contributed by atoms with Crippen LogP contribution in [0.5, 0.6) is 5.75 Å². The van der Waals surface area contributed by atoms with E-state index in [1.807, 2.05) is 26.0 Å². The Morgan fingerprint density at radius 3 is 2.54 bits per heavy atom. The maximum Gasteiger partial charge on any atom is 0.234 e. The van der Waals surface area contributed by atoms with Crippen molar-refractivity contribution in [1.29, 1.82) is 0 Å². The second kappa shape index (κ2) is 12.3. The van der Waals surface area contributed by atoms with E-state index in [-0.39, 0.29) is 30.2 Å². The third-order valence-corrected chi connectivity index (χ3v) is 9.18. The molecule has 0 spiro atoms. The lowest BCUT2D eigenvalue weighted by Crippen LogP contribution is -2.42. The molecule has 0 bridgehead atoms. The van der Waals surface area contributed by atoms with E-state index >= 15 is 0 Å². The lowest BCUT2D eigenvalue weighted by Gasteiger charge is -2.36. The highest BCUT2D eigenvalue weighted by molar-refractivity contribution is 9.10. The van der Waals surface area contributed by atoms with E-state index in [0.29, 0.717) is 25.7 Å². The van der Waals surface area contributed by atoms with Gasteiger partial charge >= 0.3 is 0 Å². The van der Waals surface area contributed by atoms with Gasteiger partial charge in [0, 0.05) is 22.0 Å². The van der Waals surface area contributed by atoms with E-state index in [9.17, 15) is 24.9 Å². The molecule has 37 heavy (non-hydrogen) atoms. The smallest absolute Gasteiger partial charge is 0.234 e. The van der Waals surface area contributed by atoms with Crippen molar-refractivity contribution < 1.29 is 24.9 Å². The van der Waals surface area contributed by atoms with Gasteiger partial charge in [-0.1, -0.05) is 66.3 Å². The minimum Gasteiger partial charge on any atom is -0.507 e. The van der Waals surface area contributed by atoms with Gasteiger partial charge in [0.2, 0.25) is 11.8 Å². The summed E-state index contributed by atoms with van der Waals surface area (Å²) in [5.74, 6) is -1.57. The lowest BCUT2D eigenvalue weighted by molar-refractivity contribution is -0.143. The summed E-state index contributed by atoms with van der Waals surface area (Å²) in [6.45, 7) is 3.82. The number of carbonyl (C=O) groups excluding carboxylic acids is 2. The molecule has 1 aliphatic heterocycles. The SMILES string of the molecule is CCC1=C([C@H](O)CC/C(=C/c2cc(Br)ccc2O)CC)[C@H](CO)[C@@H]2C(=O)N(C3CCCCC3)C(=O)[C@@H]2C1. The Labute approximate surface area is 228 Å². The number of phenols is 1. The van der Waals surface area contributed by atoms with Gasteiger partial charge in [0.25, 0.3) is 0 Å². The molecule has 3 N–H and O–H groups in total. The Bertz CT molecular complexity index is 1070. The Morgan fingerprint density at radius 1 is 1.16 bits per heavy atom. The zero-order chi connectivity index (χ0) is 26.7. The minimum absolute atomic E-state index is 0.0242. The molecule has 1 saturated heterocycles. The van der Waals surface area contributed by atoms with Gasteiger partial charge in [0.15, 0.2) is 0 Å².